The molecule has 1 aliphatic rings. The van der Waals surface area contributed by atoms with Crippen LogP contribution in [0.15, 0.2) is 23.8 Å². The van der Waals surface area contributed by atoms with Crippen LogP contribution < -0.4 is 0 Å². The van der Waals surface area contributed by atoms with Gasteiger partial charge in [0.25, 0.3) is 0 Å². The van der Waals surface area contributed by atoms with Crippen molar-refractivity contribution < 1.29 is 26.2 Å². The Balaban J connectivity index is 0.000001000. The van der Waals surface area contributed by atoms with Crippen molar-refractivity contribution in [2.45, 2.75) is 33.6 Å². The van der Waals surface area contributed by atoms with Gasteiger partial charge in [-0.3, -0.25) is 0 Å². The maximum Gasteiger partial charge on any atom is 0 e. The van der Waals surface area contributed by atoms with Gasteiger partial charge in [-0.2, -0.15) is 0 Å². The van der Waals surface area contributed by atoms with Gasteiger partial charge in [0.05, 0.1) is 0 Å². The normalized spacial score (nSPS) is 16.1. The number of rotatable bonds is 1. The molecule has 0 aliphatic heterocycles. The fourth-order valence-corrected chi connectivity index (χ4v) is 1.25. The Morgan fingerprint density at radius 2 is 2.00 bits per heavy atom. The molecule has 0 aromatic carbocycles. The van der Waals surface area contributed by atoms with E-state index in [-0.39, 0.29) is 26.2 Å². The number of allylic oxidation sites excluding steroid dienone is 4. The summed E-state index contributed by atoms with van der Waals surface area (Å²) in [5.74, 6) is 0. The summed E-state index contributed by atoms with van der Waals surface area (Å²) in [5.41, 5.74) is 1.95. The molecule has 1 aliphatic carbocycles. The van der Waals surface area contributed by atoms with E-state index < -0.39 is 0 Å². The van der Waals surface area contributed by atoms with Gasteiger partial charge >= 0.3 is 0 Å². The first-order chi connectivity index (χ1) is 4.58. The molecule has 1 rings (SSSR count). The predicted molar refractivity (Wildman–Crippen MR) is 45.9 cm³/mol. The zero-order chi connectivity index (χ0) is 7.61. The van der Waals surface area contributed by atoms with E-state index in [0.717, 1.165) is 6.42 Å². The molecule has 0 fully saturated rings. The standard InChI is InChI=1S/C10H16.Zr/c1-10(2,3)8-9-6-4-5-7-9;/h4,6-7H,5,8H2,1-3H3;. The molecule has 0 nitrogen and oxygen atoms in total. The van der Waals surface area contributed by atoms with Crippen molar-refractivity contribution in [2.75, 3.05) is 0 Å². The molecule has 0 aromatic heterocycles. The molecule has 0 saturated carbocycles. The van der Waals surface area contributed by atoms with Crippen LogP contribution in [0.4, 0.5) is 0 Å². The Kier molecular flexibility index (Phi) is 4.55. The van der Waals surface area contributed by atoms with Crippen LogP contribution in [0.2, 0.25) is 0 Å². The quantitative estimate of drug-likeness (QED) is 0.645. The van der Waals surface area contributed by atoms with Crippen LogP contribution in [0.3, 0.4) is 0 Å². The van der Waals surface area contributed by atoms with Crippen LogP contribution in [0.25, 0.3) is 0 Å². The van der Waals surface area contributed by atoms with E-state index >= 15 is 0 Å². The van der Waals surface area contributed by atoms with Crippen molar-refractivity contribution in [1.82, 2.24) is 0 Å². The van der Waals surface area contributed by atoms with Gasteiger partial charge in [0, 0.05) is 26.2 Å². The zero-order valence-corrected chi connectivity index (χ0v) is 10.1. The number of hydrogen-bond acceptors (Lipinski definition) is 0. The first kappa shape index (κ1) is 11.4. The summed E-state index contributed by atoms with van der Waals surface area (Å²) in [6.45, 7) is 6.83. The van der Waals surface area contributed by atoms with Gasteiger partial charge in [-0.15, -0.1) is 0 Å². The summed E-state index contributed by atoms with van der Waals surface area (Å²) in [7, 11) is 0. The summed E-state index contributed by atoms with van der Waals surface area (Å²) in [6.07, 6.45) is 9.13. The molecule has 11 heavy (non-hydrogen) atoms. The molecule has 0 radical (unpaired) electrons. The van der Waals surface area contributed by atoms with E-state index in [1.807, 2.05) is 0 Å². The number of hydrogen-bond donors (Lipinski definition) is 0. The maximum atomic E-state index is 2.31. The summed E-state index contributed by atoms with van der Waals surface area (Å²) in [5, 5.41) is 0. The molecule has 0 saturated heterocycles. The van der Waals surface area contributed by atoms with E-state index in [2.05, 4.69) is 39.0 Å². The second-order valence-corrected chi connectivity index (χ2v) is 4.15. The van der Waals surface area contributed by atoms with Gasteiger partial charge in [0.1, 0.15) is 0 Å². The van der Waals surface area contributed by atoms with E-state index in [0.29, 0.717) is 5.41 Å². The summed E-state index contributed by atoms with van der Waals surface area (Å²) in [4.78, 5) is 0. The molecule has 60 valence electrons. The molecule has 0 unspecified atom stereocenters. The van der Waals surface area contributed by atoms with Crippen molar-refractivity contribution in [2.24, 2.45) is 5.41 Å². The average molecular weight is 227 g/mol. The smallest absolute Gasteiger partial charge is 0 e. The van der Waals surface area contributed by atoms with Gasteiger partial charge in [-0.05, 0) is 18.3 Å². The maximum absolute atomic E-state index is 2.31. The third kappa shape index (κ3) is 4.74. The molecule has 0 heterocycles. The third-order valence-corrected chi connectivity index (χ3v) is 1.58. The topological polar surface area (TPSA) is 0 Å². The van der Waals surface area contributed by atoms with Crippen LogP contribution in [0, 0.1) is 5.41 Å². The van der Waals surface area contributed by atoms with Crippen molar-refractivity contribution >= 4 is 0 Å². The van der Waals surface area contributed by atoms with Crippen molar-refractivity contribution in [3.8, 4) is 0 Å². The Hall–Kier alpha value is 0.363. The van der Waals surface area contributed by atoms with E-state index in [9.17, 15) is 0 Å². The molecule has 0 amide bonds. The summed E-state index contributed by atoms with van der Waals surface area (Å²) >= 11 is 0. The van der Waals surface area contributed by atoms with Gasteiger partial charge < -0.3 is 0 Å². The summed E-state index contributed by atoms with van der Waals surface area (Å²) < 4.78 is 0. The largest absolute Gasteiger partial charge is 0.0805 e. The average Bonchev–Trinajstić information content (AvgIpc) is 2.12. The van der Waals surface area contributed by atoms with Crippen LogP contribution in [0.1, 0.15) is 33.6 Å². The first-order valence-electron chi connectivity index (χ1n) is 3.93. The van der Waals surface area contributed by atoms with Gasteiger partial charge in [0.15, 0.2) is 0 Å². The van der Waals surface area contributed by atoms with E-state index in [1.165, 1.54) is 12.0 Å². The minimum Gasteiger partial charge on any atom is -0.0805 e. The molecule has 0 spiro atoms. The van der Waals surface area contributed by atoms with Crippen LogP contribution in [0.5, 0.6) is 0 Å². The van der Waals surface area contributed by atoms with Crippen LogP contribution >= 0.6 is 0 Å². The molecular weight excluding hydrogens is 211 g/mol. The SMILES string of the molecule is CC(C)(C)CC1=CCC=C1.[Zr]. The van der Waals surface area contributed by atoms with Crippen molar-refractivity contribution in [3.05, 3.63) is 23.8 Å². The fourth-order valence-electron chi connectivity index (χ4n) is 1.25. The molecular formula is C10H16Zr. The third-order valence-electron chi connectivity index (χ3n) is 1.58. The minimum atomic E-state index is 0. The molecule has 0 bridgehead atoms. The Bertz CT molecular complexity index is 170. The second kappa shape index (κ2) is 4.40. The van der Waals surface area contributed by atoms with Gasteiger partial charge in [0.2, 0.25) is 0 Å². The van der Waals surface area contributed by atoms with Crippen LogP contribution in [-0.2, 0) is 26.2 Å². The molecule has 0 aromatic rings. The van der Waals surface area contributed by atoms with E-state index in [1.54, 1.807) is 0 Å². The molecule has 1 heteroatoms. The second-order valence-electron chi connectivity index (χ2n) is 4.15. The summed E-state index contributed by atoms with van der Waals surface area (Å²) in [6, 6.07) is 0. The van der Waals surface area contributed by atoms with Crippen molar-refractivity contribution in [3.63, 3.8) is 0 Å². The molecule has 0 atom stereocenters. The van der Waals surface area contributed by atoms with Crippen LogP contribution in [-0.4, -0.2) is 0 Å². The first-order valence-corrected chi connectivity index (χ1v) is 3.93. The van der Waals surface area contributed by atoms with Crippen molar-refractivity contribution in [1.29, 1.82) is 0 Å². The van der Waals surface area contributed by atoms with Gasteiger partial charge in [-0.1, -0.05) is 44.6 Å². The van der Waals surface area contributed by atoms with E-state index in [4.69, 9.17) is 0 Å². The monoisotopic (exact) mass is 226 g/mol. The Morgan fingerprint density at radius 1 is 1.36 bits per heavy atom. The molecule has 0 N–H and O–H groups in total. The fraction of sp³-hybridized carbons (Fsp3) is 0.600. The predicted octanol–water partition coefficient (Wildman–Crippen LogP) is 3.31. The van der Waals surface area contributed by atoms with Gasteiger partial charge in [-0.25, -0.2) is 0 Å². The minimum absolute atomic E-state index is 0. The Morgan fingerprint density at radius 3 is 2.36 bits per heavy atom. The Labute approximate surface area is 88.9 Å². The zero-order valence-electron chi connectivity index (χ0n) is 7.65.